The first-order valence-corrected chi connectivity index (χ1v) is 10.2. The molecule has 0 unspecified atom stereocenters. The molecule has 0 spiro atoms. The number of rotatable bonds is 5. The number of aromatic nitrogens is 1. The van der Waals surface area contributed by atoms with Crippen molar-refractivity contribution in [2.45, 2.75) is 31.1 Å². The van der Waals surface area contributed by atoms with E-state index < -0.39 is 10.0 Å². The minimum absolute atomic E-state index is 0.0514. The smallest absolute Gasteiger partial charge is 0.261 e. The number of nitrogens with one attached hydrogen (secondary N) is 2. The summed E-state index contributed by atoms with van der Waals surface area (Å²) in [4.78, 5) is 4.35. The van der Waals surface area contributed by atoms with Crippen LogP contribution in [0.3, 0.4) is 0 Å². The number of benzene rings is 2. The molecular formula is C21H22FN3O2S. The molecule has 0 bridgehead atoms. The molecule has 2 N–H and O–H groups in total. The van der Waals surface area contributed by atoms with Gasteiger partial charge in [0, 0.05) is 5.69 Å². The lowest BCUT2D eigenvalue weighted by atomic mass is 9.87. The van der Waals surface area contributed by atoms with E-state index in [-0.39, 0.29) is 16.1 Å². The molecule has 146 valence electrons. The Kier molecular flexibility index (Phi) is 5.38. The van der Waals surface area contributed by atoms with Gasteiger partial charge in [-0.15, -0.1) is 0 Å². The summed E-state index contributed by atoms with van der Waals surface area (Å²) in [5.74, 6) is 0.120. The number of pyridine rings is 1. The van der Waals surface area contributed by atoms with Gasteiger partial charge in [-0.2, -0.15) is 0 Å². The van der Waals surface area contributed by atoms with E-state index in [0.29, 0.717) is 17.2 Å². The van der Waals surface area contributed by atoms with Crippen molar-refractivity contribution in [2.24, 2.45) is 0 Å². The molecule has 0 saturated carbocycles. The second-order valence-electron chi connectivity index (χ2n) is 7.45. The molecular weight excluding hydrogens is 377 g/mol. The summed E-state index contributed by atoms with van der Waals surface area (Å²) >= 11 is 0. The largest absolute Gasteiger partial charge is 0.340 e. The molecule has 0 aliphatic rings. The Labute approximate surface area is 164 Å². The Hall–Kier alpha value is -2.93. The summed E-state index contributed by atoms with van der Waals surface area (Å²) in [6.07, 6.45) is 1.41. The van der Waals surface area contributed by atoms with E-state index in [0.717, 1.165) is 5.56 Å². The van der Waals surface area contributed by atoms with Crippen LogP contribution in [0.15, 0.2) is 71.8 Å². The first-order chi connectivity index (χ1) is 13.1. The van der Waals surface area contributed by atoms with Crippen molar-refractivity contribution in [3.05, 3.63) is 78.2 Å². The van der Waals surface area contributed by atoms with Crippen molar-refractivity contribution < 1.29 is 12.8 Å². The number of sulfonamides is 1. The number of hydrogen-bond donors (Lipinski definition) is 2. The summed E-state index contributed by atoms with van der Waals surface area (Å²) in [6, 6.07) is 16.0. The van der Waals surface area contributed by atoms with E-state index in [1.165, 1.54) is 18.3 Å². The third-order valence-electron chi connectivity index (χ3n) is 4.14. The topological polar surface area (TPSA) is 71.1 Å². The van der Waals surface area contributed by atoms with Crippen LogP contribution in [-0.2, 0) is 15.4 Å². The molecule has 0 radical (unpaired) electrons. The van der Waals surface area contributed by atoms with Gasteiger partial charge in [0.05, 0.1) is 16.8 Å². The maximum Gasteiger partial charge on any atom is 0.261 e. The summed E-state index contributed by atoms with van der Waals surface area (Å²) in [5, 5.41) is 2.96. The highest BCUT2D eigenvalue weighted by molar-refractivity contribution is 7.92. The molecule has 0 aliphatic heterocycles. The minimum Gasteiger partial charge on any atom is -0.340 e. The summed E-state index contributed by atoms with van der Waals surface area (Å²) in [5.41, 5.74) is 1.90. The van der Waals surface area contributed by atoms with E-state index in [2.05, 4.69) is 35.8 Å². The summed E-state index contributed by atoms with van der Waals surface area (Å²) in [6.45, 7) is 6.21. The van der Waals surface area contributed by atoms with Crippen molar-refractivity contribution in [1.82, 2.24) is 4.98 Å². The fourth-order valence-corrected chi connectivity index (χ4v) is 3.63. The van der Waals surface area contributed by atoms with Gasteiger partial charge in [0.2, 0.25) is 0 Å². The normalized spacial score (nSPS) is 11.9. The van der Waals surface area contributed by atoms with Gasteiger partial charge in [-0.1, -0.05) is 39.0 Å². The van der Waals surface area contributed by atoms with E-state index in [1.54, 1.807) is 36.4 Å². The number of anilines is 3. The average Bonchev–Trinajstić information content (AvgIpc) is 2.63. The van der Waals surface area contributed by atoms with Crippen LogP contribution in [0.4, 0.5) is 21.6 Å². The van der Waals surface area contributed by atoms with E-state index in [9.17, 15) is 12.8 Å². The highest BCUT2D eigenvalue weighted by atomic mass is 32.2. The molecule has 5 nitrogen and oxygen atoms in total. The van der Waals surface area contributed by atoms with Crippen LogP contribution in [0.2, 0.25) is 0 Å². The van der Waals surface area contributed by atoms with Crippen molar-refractivity contribution >= 4 is 27.2 Å². The predicted octanol–water partition coefficient (Wildman–Crippen LogP) is 5.06. The molecule has 0 atom stereocenters. The number of nitrogens with zero attached hydrogens (tertiary/aromatic N) is 1. The van der Waals surface area contributed by atoms with Crippen molar-refractivity contribution in [1.29, 1.82) is 0 Å². The van der Waals surface area contributed by atoms with Crippen LogP contribution in [-0.4, -0.2) is 13.4 Å². The zero-order chi connectivity index (χ0) is 20.4. The van der Waals surface area contributed by atoms with Gasteiger partial charge in [0.25, 0.3) is 10.0 Å². The van der Waals surface area contributed by atoms with E-state index >= 15 is 0 Å². The Morgan fingerprint density at radius 1 is 0.929 bits per heavy atom. The molecule has 7 heteroatoms. The number of hydrogen-bond acceptors (Lipinski definition) is 4. The van der Waals surface area contributed by atoms with Gasteiger partial charge >= 0.3 is 0 Å². The Balaban J connectivity index is 1.72. The molecule has 0 fully saturated rings. The van der Waals surface area contributed by atoms with Crippen LogP contribution in [0.25, 0.3) is 0 Å². The maximum atomic E-state index is 13.2. The fourth-order valence-electron chi connectivity index (χ4n) is 2.59. The standard InChI is InChI=1S/C21H22FN3O2S/c1-21(2,3)15-7-10-19(11-8-15)28(26,27)25-18-9-12-20(23-14-18)24-17-6-4-5-16(22)13-17/h4-14,25H,1-3H3,(H,23,24). The predicted molar refractivity (Wildman–Crippen MR) is 110 cm³/mol. The molecule has 3 aromatic rings. The van der Waals surface area contributed by atoms with E-state index in [1.807, 2.05) is 12.1 Å². The second-order valence-corrected chi connectivity index (χ2v) is 9.13. The molecule has 28 heavy (non-hydrogen) atoms. The van der Waals surface area contributed by atoms with Crippen LogP contribution in [0.1, 0.15) is 26.3 Å². The zero-order valence-electron chi connectivity index (χ0n) is 15.9. The highest BCUT2D eigenvalue weighted by Crippen LogP contribution is 2.24. The third kappa shape index (κ3) is 4.86. The Morgan fingerprint density at radius 2 is 1.64 bits per heavy atom. The third-order valence-corrected chi connectivity index (χ3v) is 5.54. The van der Waals surface area contributed by atoms with E-state index in [4.69, 9.17) is 0 Å². The highest BCUT2D eigenvalue weighted by Gasteiger charge is 2.17. The first-order valence-electron chi connectivity index (χ1n) is 8.75. The van der Waals surface area contributed by atoms with Crippen LogP contribution in [0.5, 0.6) is 0 Å². The van der Waals surface area contributed by atoms with Gasteiger partial charge in [-0.25, -0.2) is 17.8 Å². The van der Waals surface area contributed by atoms with Crippen LogP contribution < -0.4 is 10.0 Å². The molecule has 1 heterocycles. The molecule has 0 saturated heterocycles. The SMILES string of the molecule is CC(C)(C)c1ccc(S(=O)(=O)Nc2ccc(Nc3cccc(F)c3)nc2)cc1. The lowest BCUT2D eigenvalue weighted by molar-refractivity contribution is 0.587. The molecule has 2 aromatic carbocycles. The maximum absolute atomic E-state index is 13.2. The van der Waals surface area contributed by atoms with Gasteiger partial charge in [0.1, 0.15) is 11.6 Å². The van der Waals surface area contributed by atoms with Crippen molar-refractivity contribution in [3.8, 4) is 0 Å². The summed E-state index contributed by atoms with van der Waals surface area (Å²) < 4.78 is 40.9. The fraction of sp³-hybridized carbons (Fsp3) is 0.190. The second kappa shape index (κ2) is 7.59. The minimum atomic E-state index is -3.71. The Morgan fingerprint density at radius 3 is 2.21 bits per heavy atom. The van der Waals surface area contributed by atoms with Gasteiger partial charge in [-0.3, -0.25) is 4.72 Å². The van der Waals surface area contributed by atoms with Gasteiger partial charge in [0.15, 0.2) is 0 Å². The van der Waals surface area contributed by atoms with Crippen molar-refractivity contribution in [2.75, 3.05) is 10.0 Å². The molecule has 1 aromatic heterocycles. The average molecular weight is 399 g/mol. The molecule has 0 aliphatic carbocycles. The van der Waals surface area contributed by atoms with Gasteiger partial charge in [-0.05, 0) is 53.4 Å². The first kappa shape index (κ1) is 19.8. The molecule has 0 amide bonds. The summed E-state index contributed by atoms with van der Waals surface area (Å²) in [7, 11) is -3.71. The number of halogens is 1. The van der Waals surface area contributed by atoms with Crippen molar-refractivity contribution in [3.63, 3.8) is 0 Å². The quantitative estimate of drug-likeness (QED) is 0.629. The lowest BCUT2D eigenvalue weighted by Crippen LogP contribution is -2.15. The lowest BCUT2D eigenvalue weighted by Gasteiger charge is -2.19. The Bertz CT molecular complexity index is 1060. The van der Waals surface area contributed by atoms with Crippen LogP contribution >= 0.6 is 0 Å². The van der Waals surface area contributed by atoms with Crippen LogP contribution in [0, 0.1) is 5.82 Å². The monoisotopic (exact) mass is 399 g/mol. The van der Waals surface area contributed by atoms with Gasteiger partial charge < -0.3 is 5.32 Å². The zero-order valence-corrected chi connectivity index (χ0v) is 16.7. The molecule has 3 rings (SSSR count).